The maximum atomic E-state index is 13.3. The monoisotopic (exact) mass is 478 g/mol. The summed E-state index contributed by atoms with van der Waals surface area (Å²) >= 11 is 14.3. The van der Waals surface area contributed by atoms with Crippen LogP contribution in [0.25, 0.3) is 31.6 Å². The van der Waals surface area contributed by atoms with Gasteiger partial charge in [-0.3, -0.25) is 4.79 Å². The Balaban J connectivity index is 1.60. The molecule has 1 amide bonds. The number of methoxy groups -OCH3 is 1. The average molecular weight is 479 g/mol. The van der Waals surface area contributed by atoms with Gasteiger partial charge in [-0.05, 0) is 47.2 Å². The van der Waals surface area contributed by atoms with E-state index in [9.17, 15) is 4.79 Å². The molecule has 7 heteroatoms. The third-order valence-electron chi connectivity index (χ3n) is 5.13. The number of thiazole rings is 1. The summed E-state index contributed by atoms with van der Waals surface area (Å²) < 4.78 is 6.53. The Bertz CT molecular complexity index is 1460. The van der Waals surface area contributed by atoms with Crippen LogP contribution >= 0.6 is 34.5 Å². The van der Waals surface area contributed by atoms with Crippen molar-refractivity contribution in [3.05, 3.63) is 88.4 Å². The number of nitrogens with one attached hydrogen (secondary N) is 1. The Labute approximate surface area is 198 Å². The molecule has 0 aliphatic carbocycles. The summed E-state index contributed by atoms with van der Waals surface area (Å²) in [5.74, 6) is 0.145. The fraction of sp³-hybridized carbons (Fsp3) is 0.0400. The summed E-state index contributed by atoms with van der Waals surface area (Å²) in [5.41, 5.74) is 2.40. The lowest BCUT2D eigenvalue weighted by molar-refractivity contribution is 0.102. The number of halogens is 2. The van der Waals surface area contributed by atoms with E-state index in [-0.39, 0.29) is 5.91 Å². The molecule has 0 fully saturated rings. The van der Waals surface area contributed by atoms with Crippen molar-refractivity contribution in [2.75, 3.05) is 12.4 Å². The molecule has 4 aromatic carbocycles. The van der Waals surface area contributed by atoms with Crippen molar-refractivity contribution in [3.63, 3.8) is 0 Å². The summed E-state index contributed by atoms with van der Waals surface area (Å²) in [4.78, 5) is 18.0. The lowest BCUT2D eigenvalue weighted by Crippen LogP contribution is -2.14. The third-order valence-corrected chi connectivity index (χ3v) is 6.72. The van der Waals surface area contributed by atoms with E-state index in [1.165, 1.54) is 11.3 Å². The molecule has 5 aromatic rings. The molecule has 0 bridgehead atoms. The fourth-order valence-corrected chi connectivity index (χ4v) is 5.13. The van der Waals surface area contributed by atoms with Crippen LogP contribution < -0.4 is 10.1 Å². The van der Waals surface area contributed by atoms with Crippen LogP contribution in [-0.4, -0.2) is 18.0 Å². The smallest absolute Gasteiger partial charge is 0.259 e. The first-order valence-corrected chi connectivity index (χ1v) is 11.3. The lowest BCUT2D eigenvalue weighted by atomic mass is 10.0. The van der Waals surface area contributed by atoms with Crippen LogP contribution in [0.1, 0.15) is 10.4 Å². The molecule has 0 radical (unpaired) electrons. The third kappa shape index (κ3) is 3.79. The van der Waals surface area contributed by atoms with Crippen molar-refractivity contribution in [2.24, 2.45) is 0 Å². The van der Waals surface area contributed by atoms with E-state index < -0.39 is 0 Å². The summed E-state index contributed by atoms with van der Waals surface area (Å²) in [5, 5.41) is 6.40. The largest absolute Gasteiger partial charge is 0.496 e. The average Bonchev–Trinajstić information content (AvgIpc) is 3.23. The molecule has 0 aliphatic rings. The maximum Gasteiger partial charge on any atom is 0.259 e. The number of carbonyl (C=O) groups excluding carboxylic acids is 1. The highest BCUT2D eigenvalue weighted by molar-refractivity contribution is 7.21. The van der Waals surface area contributed by atoms with Crippen LogP contribution in [0.3, 0.4) is 0 Å². The number of benzene rings is 4. The molecular weight excluding hydrogens is 463 g/mol. The first-order valence-electron chi connectivity index (χ1n) is 9.76. The van der Waals surface area contributed by atoms with Crippen LogP contribution in [0.4, 0.5) is 5.69 Å². The van der Waals surface area contributed by atoms with Crippen molar-refractivity contribution in [2.45, 2.75) is 0 Å². The predicted octanol–water partition coefficient (Wildman–Crippen LogP) is 7.68. The van der Waals surface area contributed by atoms with Gasteiger partial charge in [0.05, 0.1) is 33.6 Å². The minimum absolute atomic E-state index is 0.333. The number of ether oxygens (including phenoxy) is 1. The second kappa shape index (κ2) is 8.43. The van der Waals surface area contributed by atoms with Gasteiger partial charge in [0.25, 0.3) is 5.91 Å². The first kappa shape index (κ1) is 20.8. The summed E-state index contributed by atoms with van der Waals surface area (Å²) in [6, 6.07) is 22.7. The van der Waals surface area contributed by atoms with E-state index in [0.29, 0.717) is 32.6 Å². The van der Waals surface area contributed by atoms with Crippen LogP contribution in [-0.2, 0) is 0 Å². The molecule has 4 nitrogen and oxygen atoms in total. The van der Waals surface area contributed by atoms with Gasteiger partial charge in [-0.25, -0.2) is 4.98 Å². The van der Waals surface area contributed by atoms with Gasteiger partial charge in [0.2, 0.25) is 0 Å². The summed E-state index contributed by atoms with van der Waals surface area (Å²) in [6.45, 7) is 0. The fourth-order valence-electron chi connectivity index (χ4n) is 3.60. The molecule has 32 heavy (non-hydrogen) atoms. The zero-order valence-corrected chi connectivity index (χ0v) is 19.2. The van der Waals surface area contributed by atoms with Gasteiger partial charge in [-0.2, -0.15) is 0 Å². The molecular formula is C25H16Cl2N2O2S. The van der Waals surface area contributed by atoms with Crippen LogP contribution in [0.5, 0.6) is 5.75 Å². The number of amides is 1. The number of hydrogen-bond donors (Lipinski definition) is 1. The van der Waals surface area contributed by atoms with Gasteiger partial charge < -0.3 is 10.1 Å². The zero-order valence-electron chi connectivity index (χ0n) is 16.9. The van der Waals surface area contributed by atoms with Crippen molar-refractivity contribution in [3.8, 4) is 16.3 Å². The van der Waals surface area contributed by atoms with E-state index in [1.807, 2.05) is 60.7 Å². The van der Waals surface area contributed by atoms with E-state index in [1.54, 1.807) is 19.2 Å². The van der Waals surface area contributed by atoms with Crippen LogP contribution in [0, 0.1) is 0 Å². The zero-order chi connectivity index (χ0) is 22.2. The Morgan fingerprint density at radius 2 is 1.69 bits per heavy atom. The molecule has 0 atom stereocenters. The van der Waals surface area contributed by atoms with Crippen molar-refractivity contribution >= 4 is 67.1 Å². The molecule has 158 valence electrons. The summed E-state index contributed by atoms with van der Waals surface area (Å²) in [6.07, 6.45) is 0. The Morgan fingerprint density at radius 3 is 2.44 bits per heavy atom. The molecule has 5 rings (SSSR count). The first-order chi connectivity index (χ1) is 15.5. The minimum atomic E-state index is -0.334. The second-order valence-electron chi connectivity index (χ2n) is 7.15. The van der Waals surface area contributed by atoms with Gasteiger partial charge in [-0.1, -0.05) is 59.6 Å². The van der Waals surface area contributed by atoms with Gasteiger partial charge in [0, 0.05) is 10.6 Å². The number of rotatable bonds is 4. The highest BCUT2D eigenvalue weighted by Gasteiger charge is 2.20. The second-order valence-corrected chi connectivity index (χ2v) is 9.02. The molecule has 0 saturated heterocycles. The van der Waals surface area contributed by atoms with Gasteiger partial charge in [0.1, 0.15) is 10.8 Å². The van der Waals surface area contributed by atoms with E-state index >= 15 is 0 Å². The molecule has 0 unspecified atom stereocenters. The topological polar surface area (TPSA) is 51.2 Å². The number of aromatic nitrogens is 1. The van der Waals surface area contributed by atoms with Crippen molar-refractivity contribution in [1.29, 1.82) is 0 Å². The van der Waals surface area contributed by atoms with Crippen molar-refractivity contribution in [1.82, 2.24) is 4.98 Å². The number of nitrogens with zero attached hydrogens (tertiary/aromatic N) is 1. The highest BCUT2D eigenvalue weighted by atomic mass is 35.5. The van der Waals surface area contributed by atoms with Crippen LogP contribution in [0.2, 0.25) is 10.0 Å². The molecule has 0 aliphatic heterocycles. The van der Waals surface area contributed by atoms with E-state index in [2.05, 4.69) is 5.32 Å². The molecule has 0 saturated carbocycles. The predicted molar refractivity (Wildman–Crippen MR) is 134 cm³/mol. The number of para-hydroxylation sites is 1. The van der Waals surface area contributed by atoms with Crippen molar-refractivity contribution < 1.29 is 9.53 Å². The normalized spacial score (nSPS) is 11.1. The van der Waals surface area contributed by atoms with Gasteiger partial charge in [0.15, 0.2) is 0 Å². The maximum absolute atomic E-state index is 13.3. The SMILES string of the molecule is COc1cc2ccccc2cc1C(=O)Nc1c(Cl)cc(Cl)cc1-c1nc2ccccc2s1. The van der Waals surface area contributed by atoms with Gasteiger partial charge >= 0.3 is 0 Å². The number of fused-ring (bicyclic) bond motifs is 2. The molecule has 1 heterocycles. The molecule has 0 spiro atoms. The Morgan fingerprint density at radius 1 is 0.969 bits per heavy atom. The number of anilines is 1. The highest BCUT2D eigenvalue weighted by Crippen LogP contribution is 2.41. The van der Waals surface area contributed by atoms with Crippen LogP contribution in [0.15, 0.2) is 72.8 Å². The standard InChI is InChI=1S/C25H16Cl2N2O2S/c1-31-21-11-15-7-3-2-6-14(15)10-17(21)24(30)29-23-18(12-16(26)13-19(23)27)25-28-20-8-4-5-9-22(20)32-25/h2-13H,1H3,(H,29,30). The molecule has 1 N–H and O–H groups in total. The minimum Gasteiger partial charge on any atom is -0.496 e. The summed E-state index contributed by atoms with van der Waals surface area (Å²) in [7, 11) is 1.54. The molecule has 1 aromatic heterocycles. The lowest BCUT2D eigenvalue weighted by Gasteiger charge is -2.14. The Kier molecular flexibility index (Phi) is 5.47. The van der Waals surface area contributed by atoms with Gasteiger partial charge in [-0.15, -0.1) is 11.3 Å². The number of hydrogen-bond acceptors (Lipinski definition) is 4. The quantitative estimate of drug-likeness (QED) is 0.288. The van der Waals surface area contributed by atoms with E-state index in [4.69, 9.17) is 32.9 Å². The van der Waals surface area contributed by atoms with E-state index in [0.717, 1.165) is 26.0 Å². The number of carbonyl (C=O) groups is 1. The Hall–Kier alpha value is -3.12.